The summed E-state index contributed by atoms with van der Waals surface area (Å²) in [6.45, 7) is 6.45. The zero-order chi connectivity index (χ0) is 13.5. The molecule has 1 aromatic carbocycles. The Morgan fingerprint density at radius 1 is 1.16 bits per heavy atom. The Morgan fingerprint density at radius 2 is 2.00 bits per heavy atom. The zero-order valence-electron chi connectivity index (χ0n) is 12.4. The lowest BCUT2D eigenvalue weighted by atomic mass is 10.1. The van der Waals surface area contributed by atoms with Crippen molar-refractivity contribution in [3.63, 3.8) is 0 Å². The van der Waals surface area contributed by atoms with Crippen LogP contribution in [-0.2, 0) is 12.8 Å². The maximum Gasteiger partial charge on any atom is 0.120 e. The summed E-state index contributed by atoms with van der Waals surface area (Å²) >= 11 is 0. The second-order valence-corrected chi connectivity index (χ2v) is 5.52. The molecule has 1 unspecified atom stereocenters. The summed E-state index contributed by atoms with van der Waals surface area (Å²) < 4.78 is 6.16. The number of fused-ring (bicyclic) bond motifs is 1. The van der Waals surface area contributed by atoms with Gasteiger partial charge in [-0.25, -0.2) is 0 Å². The summed E-state index contributed by atoms with van der Waals surface area (Å²) in [4.78, 5) is 0. The molecule has 0 amide bonds. The quantitative estimate of drug-likeness (QED) is 0.720. The first kappa shape index (κ1) is 14.4. The predicted octanol–water partition coefficient (Wildman–Crippen LogP) is 3.72. The van der Waals surface area contributed by atoms with Crippen molar-refractivity contribution in [3.05, 3.63) is 29.3 Å². The van der Waals surface area contributed by atoms with Crippen molar-refractivity contribution in [2.45, 2.75) is 58.5 Å². The van der Waals surface area contributed by atoms with Gasteiger partial charge in [0, 0.05) is 6.54 Å². The highest BCUT2D eigenvalue weighted by molar-refractivity contribution is 5.38. The van der Waals surface area contributed by atoms with Gasteiger partial charge in [0.15, 0.2) is 0 Å². The molecule has 0 bridgehead atoms. The smallest absolute Gasteiger partial charge is 0.120 e. The molecule has 0 aliphatic heterocycles. The number of benzene rings is 1. The molecular weight excluding hydrogens is 234 g/mol. The molecule has 2 nitrogen and oxygen atoms in total. The molecule has 0 aromatic heterocycles. The summed E-state index contributed by atoms with van der Waals surface area (Å²) in [7, 11) is 0. The summed E-state index contributed by atoms with van der Waals surface area (Å²) in [5.41, 5.74) is 3.01. The lowest BCUT2D eigenvalue weighted by Crippen LogP contribution is -2.31. The maximum absolute atomic E-state index is 6.16. The number of rotatable bonds is 8. The third kappa shape index (κ3) is 4.24. The molecule has 0 radical (unpaired) electrons. The zero-order valence-corrected chi connectivity index (χ0v) is 12.4. The highest BCUT2D eigenvalue weighted by atomic mass is 16.5. The van der Waals surface area contributed by atoms with Crippen LogP contribution in [0.4, 0.5) is 0 Å². The predicted molar refractivity (Wildman–Crippen MR) is 81.0 cm³/mol. The van der Waals surface area contributed by atoms with Crippen LogP contribution >= 0.6 is 0 Å². The minimum absolute atomic E-state index is 0.302. The van der Waals surface area contributed by atoms with E-state index in [2.05, 4.69) is 37.4 Å². The number of hydrogen-bond acceptors (Lipinski definition) is 2. The summed E-state index contributed by atoms with van der Waals surface area (Å²) in [6.07, 6.45) is 7.53. The standard InChI is InChI=1S/C17H27NO/c1-3-6-17(13-18-11-4-2)19-16-10-9-14-7-5-8-15(14)12-16/h9-10,12,17-18H,3-8,11,13H2,1-2H3. The van der Waals surface area contributed by atoms with Crippen LogP contribution in [0.15, 0.2) is 18.2 Å². The van der Waals surface area contributed by atoms with Gasteiger partial charge in [-0.15, -0.1) is 0 Å². The van der Waals surface area contributed by atoms with Gasteiger partial charge >= 0.3 is 0 Å². The summed E-state index contributed by atoms with van der Waals surface area (Å²) in [5, 5.41) is 3.47. The average molecular weight is 261 g/mol. The molecule has 0 saturated heterocycles. The van der Waals surface area contributed by atoms with E-state index in [4.69, 9.17) is 4.74 Å². The van der Waals surface area contributed by atoms with Crippen molar-refractivity contribution in [2.75, 3.05) is 13.1 Å². The first-order valence-electron chi connectivity index (χ1n) is 7.82. The first-order valence-corrected chi connectivity index (χ1v) is 7.82. The van der Waals surface area contributed by atoms with E-state index < -0.39 is 0 Å². The van der Waals surface area contributed by atoms with E-state index >= 15 is 0 Å². The molecule has 2 heteroatoms. The van der Waals surface area contributed by atoms with Crippen molar-refractivity contribution in [1.82, 2.24) is 5.32 Å². The Morgan fingerprint density at radius 3 is 2.79 bits per heavy atom. The molecule has 0 heterocycles. The van der Waals surface area contributed by atoms with Gasteiger partial charge in [0.25, 0.3) is 0 Å². The normalized spacial score (nSPS) is 15.3. The number of aryl methyl sites for hydroxylation is 2. The van der Waals surface area contributed by atoms with Crippen molar-refractivity contribution in [3.8, 4) is 5.75 Å². The molecule has 19 heavy (non-hydrogen) atoms. The lowest BCUT2D eigenvalue weighted by Gasteiger charge is -2.19. The van der Waals surface area contributed by atoms with E-state index in [0.717, 1.165) is 25.3 Å². The van der Waals surface area contributed by atoms with E-state index in [0.29, 0.717) is 6.10 Å². The first-order chi connectivity index (χ1) is 9.33. The second kappa shape index (κ2) is 7.54. The van der Waals surface area contributed by atoms with E-state index in [1.54, 1.807) is 0 Å². The Balaban J connectivity index is 1.92. The van der Waals surface area contributed by atoms with Crippen molar-refractivity contribution in [1.29, 1.82) is 0 Å². The van der Waals surface area contributed by atoms with Gasteiger partial charge in [0.05, 0.1) is 0 Å². The second-order valence-electron chi connectivity index (χ2n) is 5.52. The Bertz CT molecular complexity index is 389. The summed E-state index contributed by atoms with van der Waals surface area (Å²) in [5.74, 6) is 1.05. The topological polar surface area (TPSA) is 21.3 Å². The molecule has 0 saturated carbocycles. The Labute approximate surface area is 117 Å². The molecule has 1 aliphatic carbocycles. The van der Waals surface area contributed by atoms with Crippen LogP contribution in [0.2, 0.25) is 0 Å². The van der Waals surface area contributed by atoms with Crippen LogP contribution in [0.25, 0.3) is 0 Å². The highest BCUT2D eigenvalue weighted by Crippen LogP contribution is 2.26. The maximum atomic E-state index is 6.16. The van der Waals surface area contributed by atoms with E-state index in [1.807, 2.05) is 0 Å². The van der Waals surface area contributed by atoms with Crippen LogP contribution in [0.3, 0.4) is 0 Å². The molecule has 106 valence electrons. The van der Waals surface area contributed by atoms with Gasteiger partial charge in [-0.3, -0.25) is 0 Å². The fourth-order valence-corrected chi connectivity index (χ4v) is 2.78. The van der Waals surface area contributed by atoms with E-state index in [1.165, 1.54) is 43.2 Å². The van der Waals surface area contributed by atoms with Gasteiger partial charge < -0.3 is 10.1 Å². The number of hydrogen-bond donors (Lipinski definition) is 1. The van der Waals surface area contributed by atoms with Gasteiger partial charge in [-0.2, -0.15) is 0 Å². The fraction of sp³-hybridized carbons (Fsp3) is 0.647. The molecule has 1 atom stereocenters. The monoisotopic (exact) mass is 261 g/mol. The van der Waals surface area contributed by atoms with Crippen molar-refractivity contribution >= 4 is 0 Å². The van der Waals surface area contributed by atoms with Crippen LogP contribution < -0.4 is 10.1 Å². The molecule has 0 spiro atoms. The van der Waals surface area contributed by atoms with E-state index in [9.17, 15) is 0 Å². The Hall–Kier alpha value is -1.02. The third-order valence-electron chi connectivity index (χ3n) is 3.78. The number of ether oxygens (including phenoxy) is 1. The largest absolute Gasteiger partial charge is 0.489 e. The van der Waals surface area contributed by atoms with Crippen LogP contribution in [0.5, 0.6) is 5.75 Å². The van der Waals surface area contributed by atoms with Crippen molar-refractivity contribution < 1.29 is 4.74 Å². The molecule has 1 aromatic rings. The minimum Gasteiger partial charge on any atom is -0.489 e. The molecule has 1 N–H and O–H groups in total. The van der Waals surface area contributed by atoms with Gasteiger partial charge in [0.1, 0.15) is 11.9 Å². The third-order valence-corrected chi connectivity index (χ3v) is 3.78. The fourth-order valence-electron chi connectivity index (χ4n) is 2.78. The molecular formula is C17H27NO. The summed E-state index contributed by atoms with van der Waals surface area (Å²) in [6, 6.07) is 6.65. The van der Waals surface area contributed by atoms with Crippen molar-refractivity contribution in [2.24, 2.45) is 0 Å². The van der Waals surface area contributed by atoms with E-state index in [-0.39, 0.29) is 0 Å². The van der Waals surface area contributed by atoms with Gasteiger partial charge in [-0.1, -0.05) is 26.3 Å². The van der Waals surface area contributed by atoms with Gasteiger partial charge in [-0.05, 0) is 61.9 Å². The minimum atomic E-state index is 0.302. The SMILES string of the molecule is CCCNCC(CCC)Oc1ccc2c(c1)CCC2. The van der Waals surface area contributed by atoms with Crippen LogP contribution in [0, 0.1) is 0 Å². The molecule has 0 fully saturated rings. The van der Waals surface area contributed by atoms with Crippen LogP contribution in [-0.4, -0.2) is 19.2 Å². The molecule has 1 aliphatic rings. The molecule has 2 rings (SSSR count). The average Bonchev–Trinajstić information content (AvgIpc) is 2.86. The highest BCUT2D eigenvalue weighted by Gasteiger charge is 2.13. The van der Waals surface area contributed by atoms with Crippen LogP contribution in [0.1, 0.15) is 50.7 Å². The number of nitrogens with one attached hydrogen (secondary N) is 1. The lowest BCUT2D eigenvalue weighted by molar-refractivity contribution is 0.186. The van der Waals surface area contributed by atoms with Gasteiger partial charge in [0.2, 0.25) is 0 Å². The Kier molecular flexibility index (Phi) is 5.71.